The average Bonchev–Trinajstić information content (AvgIpc) is 3.40. The Morgan fingerprint density at radius 3 is 2.87 bits per heavy atom. The summed E-state index contributed by atoms with van der Waals surface area (Å²) in [4.78, 5) is 33.7. The summed E-state index contributed by atoms with van der Waals surface area (Å²) >= 11 is 2.62. The lowest BCUT2D eigenvalue weighted by molar-refractivity contribution is 0.0695. The number of pyridine rings is 2. The number of aromatic hydroxyl groups is 1. The maximum atomic E-state index is 12.7. The molecule has 4 heterocycles. The van der Waals surface area contributed by atoms with Crippen molar-refractivity contribution in [1.82, 2.24) is 14.5 Å². The Labute approximate surface area is 177 Å². The number of thiazole rings is 1. The number of carbonyl (C=O) groups is 1. The number of aromatic carboxylic acids is 1. The summed E-state index contributed by atoms with van der Waals surface area (Å²) in [5, 5.41) is 24.2. The number of carboxylic acids is 1. The van der Waals surface area contributed by atoms with Gasteiger partial charge in [0.1, 0.15) is 10.6 Å². The number of carboxylic acid groups (broad SMARTS) is 1. The van der Waals surface area contributed by atoms with E-state index in [4.69, 9.17) is 0 Å². The maximum Gasteiger partial charge on any atom is 0.341 e. The molecule has 0 saturated carbocycles. The number of aromatic nitrogens is 3. The minimum absolute atomic E-state index is 0.184. The Balaban J connectivity index is 1.60. The predicted molar refractivity (Wildman–Crippen MR) is 117 cm³/mol. The van der Waals surface area contributed by atoms with Crippen molar-refractivity contribution in [3.8, 4) is 16.3 Å². The van der Waals surface area contributed by atoms with Gasteiger partial charge in [-0.15, -0.1) is 22.7 Å². The predicted octanol–water partition coefficient (Wildman–Crippen LogP) is 4.19. The zero-order valence-corrected chi connectivity index (χ0v) is 16.9. The first-order chi connectivity index (χ1) is 14.5. The normalized spacial score (nSPS) is 11.3. The molecule has 0 fully saturated rings. The fourth-order valence-corrected chi connectivity index (χ4v) is 5.35. The summed E-state index contributed by atoms with van der Waals surface area (Å²) in [5.41, 5.74) is 0.370. The Bertz CT molecular complexity index is 1490. The molecule has 2 N–H and O–H groups in total. The summed E-state index contributed by atoms with van der Waals surface area (Å²) in [6.45, 7) is 0.184. The first-order valence-corrected chi connectivity index (χ1v) is 10.6. The quantitative estimate of drug-likeness (QED) is 0.439. The molecule has 0 aliphatic rings. The smallest absolute Gasteiger partial charge is 0.341 e. The van der Waals surface area contributed by atoms with Crippen LogP contribution in [0.25, 0.3) is 31.6 Å². The molecule has 0 unspecified atom stereocenters. The third-order valence-electron chi connectivity index (χ3n) is 4.84. The van der Waals surface area contributed by atoms with Crippen molar-refractivity contribution in [2.75, 3.05) is 0 Å². The number of fused-ring (bicyclic) bond motifs is 2. The SMILES string of the molecule is O=C(O)c1c(O)c(=O)n(Cc2cnc(-c3cccc4cnccc34)s2)c2ccsc12. The van der Waals surface area contributed by atoms with Gasteiger partial charge in [-0.1, -0.05) is 18.2 Å². The first-order valence-electron chi connectivity index (χ1n) is 8.88. The number of thiophene rings is 1. The summed E-state index contributed by atoms with van der Waals surface area (Å²) in [6, 6.07) is 9.55. The van der Waals surface area contributed by atoms with Crippen LogP contribution in [0.2, 0.25) is 0 Å². The van der Waals surface area contributed by atoms with Crippen LogP contribution in [0, 0.1) is 0 Å². The van der Waals surface area contributed by atoms with Gasteiger partial charge in [-0.25, -0.2) is 9.78 Å². The van der Waals surface area contributed by atoms with E-state index in [1.165, 1.54) is 27.2 Å². The van der Waals surface area contributed by atoms with Gasteiger partial charge in [0.2, 0.25) is 0 Å². The summed E-state index contributed by atoms with van der Waals surface area (Å²) in [7, 11) is 0. The molecule has 30 heavy (non-hydrogen) atoms. The van der Waals surface area contributed by atoms with Crippen molar-refractivity contribution in [3.05, 3.63) is 75.1 Å². The molecule has 5 aromatic rings. The van der Waals surface area contributed by atoms with E-state index in [0.29, 0.717) is 10.2 Å². The molecule has 0 bridgehead atoms. The molecule has 0 atom stereocenters. The van der Waals surface area contributed by atoms with Crippen LogP contribution in [-0.2, 0) is 6.54 Å². The highest BCUT2D eigenvalue weighted by atomic mass is 32.1. The van der Waals surface area contributed by atoms with Gasteiger partial charge in [0.25, 0.3) is 5.56 Å². The standard InChI is InChI=1S/C21H13N3O4S2/c25-17-16(21(27)28)18-15(5-7-29-18)24(20(17)26)10-12-9-23-19(30-12)14-3-1-2-11-8-22-6-4-13(11)14/h1-9,25H,10H2,(H,27,28). The highest BCUT2D eigenvalue weighted by molar-refractivity contribution is 7.17. The second-order valence-electron chi connectivity index (χ2n) is 6.59. The molecule has 9 heteroatoms. The largest absolute Gasteiger partial charge is 0.502 e. The third-order valence-corrected chi connectivity index (χ3v) is 6.78. The monoisotopic (exact) mass is 435 g/mol. The van der Waals surface area contributed by atoms with Crippen LogP contribution >= 0.6 is 22.7 Å². The highest BCUT2D eigenvalue weighted by Crippen LogP contribution is 2.33. The van der Waals surface area contributed by atoms with Crippen molar-refractivity contribution >= 4 is 49.6 Å². The summed E-state index contributed by atoms with van der Waals surface area (Å²) < 4.78 is 1.75. The van der Waals surface area contributed by atoms with E-state index in [9.17, 15) is 19.8 Å². The first kappa shape index (κ1) is 18.5. The van der Waals surface area contributed by atoms with Crippen LogP contribution in [0.3, 0.4) is 0 Å². The minimum Gasteiger partial charge on any atom is -0.502 e. The van der Waals surface area contributed by atoms with Gasteiger partial charge >= 0.3 is 5.97 Å². The van der Waals surface area contributed by atoms with Crippen molar-refractivity contribution in [1.29, 1.82) is 0 Å². The molecule has 0 saturated heterocycles. The maximum absolute atomic E-state index is 12.7. The second-order valence-corrected chi connectivity index (χ2v) is 8.62. The molecule has 4 aromatic heterocycles. The average molecular weight is 435 g/mol. The number of rotatable bonds is 4. The summed E-state index contributed by atoms with van der Waals surface area (Å²) in [5.74, 6) is -2.07. The van der Waals surface area contributed by atoms with E-state index < -0.39 is 17.3 Å². The molecule has 0 aliphatic heterocycles. The van der Waals surface area contributed by atoms with Gasteiger partial charge < -0.3 is 10.2 Å². The van der Waals surface area contributed by atoms with Gasteiger partial charge in [0.15, 0.2) is 5.75 Å². The molecule has 7 nitrogen and oxygen atoms in total. The number of hydrogen-bond acceptors (Lipinski definition) is 7. The van der Waals surface area contributed by atoms with Gasteiger partial charge in [-0.3, -0.25) is 14.3 Å². The molecule has 0 aliphatic carbocycles. The van der Waals surface area contributed by atoms with E-state index >= 15 is 0 Å². The number of nitrogens with zero attached hydrogens (tertiary/aromatic N) is 3. The van der Waals surface area contributed by atoms with E-state index in [0.717, 1.165) is 26.2 Å². The molecular formula is C21H13N3O4S2. The van der Waals surface area contributed by atoms with Crippen molar-refractivity contribution in [3.63, 3.8) is 0 Å². The Hall–Kier alpha value is -3.56. The fourth-order valence-electron chi connectivity index (χ4n) is 3.48. The van der Waals surface area contributed by atoms with E-state index in [2.05, 4.69) is 9.97 Å². The van der Waals surface area contributed by atoms with Gasteiger partial charge in [0.05, 0.1) is 16.8 Å². The third kappa shape index (κ3) is 2.87. The fraction of sp³-hybridized carbons (Fsp3) is 0.0476. The van der Waals surface area contributed by atoms with Crippen LogP contribution in [0.1, 0.15) is 15.2 Å². The topological polar surface area (TPSA) is 105 Å². The molecule has 5 rings (SSSR count). The number of hydrogen-bond donors (Lipinski definition) is 2. The van der Waals surface area contributed by atoms with E-state index in [-0.39, 0.29) is 12.1 Å². The van der Waals surface area contributed by atoms with E-state index in [1.807, 2.05) is 24.3 Å². The zero-order chi connectivity index (χ0) is 20.8. The lowest BCUT2D eigenvalue weighted by Gasteiger charge is -2.09. The molecule has 0 amide bonds. The Kier molecular flexibility index (Phi) is 4.34. The summed E-state index contributed by atoms with van der Waals surface area (Å²) in [6.07, 6.45) is 5.24. The molecule has 0 radical (unpaired) electrons. The van der Waals surface area contributed by atoms with Gasteiger partial charge in [0, 0.05) is 34.4 Å². The minimum atomic E-state index is -1.32. The Morgan fingerprint density at radius 1 is 1.17 bits per heavy atom. The number of benzene rings is 1. The second kappa shape index (κ2) is 7.05. The zero-order valence-electron chi connectivity index (χ0n) is 15.3. The molecular weight excluding hydrogens is 422 g/mol. The van der Waals surface area contributed by atoms with Crippen molar-refractivity contribution in [2.24, 2.45) is 0 Å². The van der Waals surface area contributed by atoms with E-state index in [1.54, 1.807) is 30.0 Å². The van der Waals surface area contributed by atoms with Crippen LogP contribution in [0.4, 0.5) is 0 Å². The molecule has 148 valence electrons. The lowest BCUT2D eigenvalue weighted by atomic mass is 10.1. The van der Waals surface area contributed by atoms with Gasteiger partial charge in [-0.05, 0) is 22.9 Å². The van der Waals surface area contributed by atoms with Crippen molar-refractivity contribution < 1.29 is 15.0 Å². The lowest BCUT2D eigenvalue weighted by Crippen LogP contribution is -2.22. The van der Waals surface area contributed by atoms with Crippen LogP contribution in [0.5, 0.6) is 5.75 Å². The van der Waals surface area contributed by atoms with Crippen LogP contribution in [-0.4, -0.2) is 30.7 Å². The van der Waals surface area contributed by atoms with Crippen molar-refractivity contribution in [2.45, 2.75) is 6.54 Å². The molecule has 1 aromatic carbocycles. The van der Waals surface area contributed by atoms with Gasteiger partial charge in [-0.2, -0.15) is 0 Å². The van der Waals surface area contributed by atoms with Crippen LogP contribution in [0.15, 0.2) is 59.1 Å². The Morgan fingerprint density at radius 2 is 2.03 bits per heavy atom. The highest BCUT2D eigenvalue weighted by Gasteiger charge is 2.22. The van der Waals surface area contributed by atoms with Crippen LogP contribution < -0.4 is 5.56 Å². The molecule has 0 spiro atoms.